The van der Waals surface area contributed by atoms with E-state index in [1.807, 2.05) is 38.1 Å². The smallest absolute Gasteiger partial charge is 0.347 e. The van der Waals surface area contributed by atoms with Gasteiger partial charge in [0, 0.05) is 18.4 Å². The Kier molecular flexibility index (Phi) is 9.26. The number of benzene rings is 3. The molecule has 3 aromatic carbocycles. The molecule has 0 saturated heterocycles. The van der Waals surface area contributed by atoms with Crippen LogP contribution in [0.3, 0.4) is 0 Å². The van der Waals surface area contributed by atoms with Gasteiger partial charge in [-0.3, -0.25) is 4.79 Å². The quantitative estimate of drug-likeness (QED) is 0.160. The molecule has 0 amide bonds. The Balaban J connectivity index is 0.000000166. The number of esters is 1. The fourth-order valence-corrected chi connectivity index (χ4v) is 9.47. The maximum Gasteiger partial charge on any atom is 0.347 e. The molecule has 4 aromatic rings. The average molecular weight is 709 g/mol. The van der Waals surface area contributed by atoms with Crippen LogP contribution in [0.15, 0.2) is 63.8 Å². The number of aromatic hydroxyl groups is 1. The Bertz CT molecular complexity index is 2090. The first-order valence-corrected chi connectivity index (χ1v) is 18.1. The number of phenols is 1. The number of hydrogen-bond acceptors (Lipinski definition) is 9. The Labute approximate surface area is 304 Å². The van der Waals surface area contributed by atoms with Crippen molar-refractivity contribution in [1.82, 2.24) is 0 Å². The normalized spacial score (nSPS) is 24.9. The lowest BCUT2D eigenvalue weighted by atomic mass is 9.55. The summed E-state index contributed by atoms with van der Waals surface area (Å²) in [5, 5.41) is 10.3. The molecule has 4 aliphatic rings. The molecule has 0 radical (unpaired) electrons. The van der Waals surface area contributed by atoms with Crippen LogP contribution in [0.4, 0.5) is 0 Å². The number of aryl methyl sites for hydroxylation is 1. The number of carbonyl (C=O) groups excluding carboxylic acids is 1. The van der Waals surface area contributed by atoms with E-state index in [1.54, 1.807) is 44.6 Å². The number of phenolic OH excluding ortho intramolecular Hbond substituents is 1. The predicted octanol–water partition coefficient (Wildman–Crippen LogP) is 8.85. The van der Waals surface area contributed by atoms with E-state index < -0.39 is 11.2 Å². The predicted molar refractivity (Wildman–Crippen MR) is 200 cm³/mol. The Hall–Kier alpha value is -4.92. The number of fused-ring (bicyclic) bond motifs is 7. The Morgan fingerprint density at radius 2 is 1.65 bits per heavy atom. The number of carbonyl (C=O) groups is 1. The van der Waals surface area contributed by atoms with Crippen LogP contribution in [0, 0.1) is 17.3 Å². The van der Waals surface area contributed by atoms with Crippen LogP contribution in [0.25, 0.3) is 28.2 Å². The van der Waals surface area contributed by atoms with Crippen LogP contribution in [-0.2, 0) is 16.0 Å². The molecular weight excluding hydrogens is 660 g/mol. The highest BCUT2D eigenvalue weighted by molar-refractivity contribution is 5.99. The van der Waals surface area contributed by atoms with E-state index in [2.05, 4.69) is 13.0 Å². The summed E-state index contributed by atoms with van der Waals surface area (Å²) in [4.78, 5) is 24.3. The molecule has 274 valence electrons. The van der Waals surface area contributed by atoms with Crippen molar-refractivity contribution in [2.24, 2.45) is 17.3 Å². The van der Waals surface area contributed by atoms with E-state index in [-0.39, 0.29) is 17.5 Å². The molecule has 5 atom stereocenters. The second-order valence-electron chi connectivity index (χ2n) is 15.3. The van der Waals surface area contributed by atoms with Crippen LogP contribution < -0.4 is 24.6 Å². The fourth-order valence-electron chi connectivity index (χ4n) is 9.47. The van der Waals surface area contributed by atoms with Crippen molar-refractivity contribution in [1.29, 1.82) is 0 Å². The first-order valence-electron chi connectivity index (χ1n) is 18.1. The van der Waals surface area contributed by atoms with Crippen molar-refractivity contribution >= 4 is 23.0 Å². The zero-order valence-corrected chi connectivity index (χ0v) is 31.0. The summed E-state index contributed by atoms with van der Waals surface area (Å²) in [5.74, 6) is 4.42. The van der Waals surface area contributed by atoms with Crippen LogP contribution in [0.5, 0.6) is 28.7 Å². The molecule has 2 saturated carbocycles. The minimum absolute atomic E-state index is 0.104. The third-order valence-corrected chi connectivity index (χ3v) is 11.8. The third-order valence-electron chi connectivity index (χ3n) is 11.8. The maximum absolute atomic E-state index is 12.9. The van der Waals surface area contributed by atoms with Crippen molar-refractivity contribution in [3.63, 3.8) is 0 Å². The van der Waals surface area contributed by atoms with Gasteiger partial charge in [0.05, 0.1) is 26.9 Å². The molecule has 52 heavy (non-hydrogen) atoms. The lowest BCUT2D eigenvalue weighted by molar-refractivity contribution is -0.154. The van der Waals surface area contributed by atoms with E-state index in [0.29, 0.717) is 68.6 Å². The molecule has 8 rings (SSSR count). The molecular formula is C43H48O9. The van der Waals surface area contributed by atoms with Gasteiger partial charge in [-0.05, 0) is 123 Å². The highest BCUT2D eigenvalue weighted by Crippen LogP contribution is 2.61. The summed E-state index contributed by atoms with van der Waals surface area (Å²) in [6.07, 6.45) is 10.8. The first kappa shape index (κ1) is 35.5. The molecule has 9 nitrogen and oxygen atoms in total. The number of methoxy groups -OCH3 is 3. The molecule has 0 spiro atoms. The summed E-state index contributed by atoms with van der Waals surface area (Å²) in [6, 6.07) is 14.8. The van der Waals surface area contributed by atoms with Crippen molar-refractivity contribution in [3.05, 3.63) is 81.7 Å². The molecule has 3 aliphatic carbocycles. The fraction of sp³-hybridized carbons (Fsp3) is 0.442. The van der Waals surface area contributed by atoms with E-state index in [4.69, 9.17) is 28.1 Å². The Morgan fingerprint density at radius 1 is 0.904 bits per heavy atom. The first-order chi connectivity index (χ1) is 24.9. The van der Waals surface area contributed by atoms with Gasteiger partial charge in [0.2, 0.25) is 0 Å². The van der Waals surface area contributed by atoms with Gasteiger partial charge in [-0.1, -0.05) is 25.1 Å². The van der Waals surface area contributed by atoms with Crippen LogP contribution >= 0.6 is 0 Å². The lowest BCUT2D eigenvalue weighted by Gasteiger charge is -2.50. The highest BCUT2D eigenvalue weighted by atomic mass is 16.5. The molecule has 2 fully saturated rings. The van der Waals surface area contributed by atoms with Crippen LogP contribution in [0.2, 0.25) is 0 Å². The average Bonchev–Trinajstić information content (AvgIpc) is 3.44. The lowest BCUT2D eigenvalue weighted by Crippen LogP contribution is -2.45. The van der Waals surface area contributed by atoms with Crippen molar-refractivity contribution in [3.8, 4) is 39.9 Å². The molecule has 1 aromatic heterocycles. The molecule has 5 unspecified atom stereocenters. The van der Waals surface area contributed by atoms with Gasteiger partial charge in [-0.25, -0.2) is 4.79 Å². The van der Waals surface area contributed by atoms with Crippen LogP contribution in [-0.4, -0.2) is 44.1 Å². The minimum atomic E-state index is -0.507. The number of rotatable bonds is 5. The maximum atomic E-state index is 12.9. The van der Waals surface area contributed by atoms with Crippen molar-refractivity contribution in [2.75, 3.05) is 21.3 Å². The number of hydrogen-bond donors (Lipinski definition) is 1. The molecule has 9 heteroatoms. The van der Waals surface area contributed by atoms with Crippen molar-refractivity contribution in [2.45, 2.75) is 83.8 Å². The van der Waals surface area contributed by atoms with Gasteiger partial charge >= 0.3 is 11.6 Å². The number of ether oxygens (including phenoxy) is 5. The summed E-state index contributed by atoms with van der Waals surface area (Å²) < 4.78 is 34.0. The van der Waals surface area contributed by atoms with Crippen LogP contribution in [0.1, 0.15) is 82.4 Å². The van der Waals surface area contributed by atoms with E-state index in [9.17, 15) is 14.7 Å². The van der Waals surface area contributed by atoms with E-state index in [0.717, 1.165) is 24.8 Å². The molecule has 1 aliphatic heterocycles. The third kappa shape index (κ3) is 6.18. The molecule has 2 heterocycles. The summed E-state index contributed by atoms with van der Waals surface area (Å²) in [7, 11) is 4.68. The standard InChI is InChI=1S/C23H22O6.C20H26O3/c1-23(2)11-10-15-16(29-23)12-17-19(20(15)26-4)21(27-5)18(22(24)28-17)13-6-8-14(25-3)9-7-13;1-12(21)23-19-8-7-18-17-5-3-13-11-14(22)4-6-15(13)16(17)9-10-20(18,19)2/h6-12H,1-5H3;4,6,11,16-19,22H,3,5,7-10H2,1-2H3. The monoisotopic (exact) mass is 708 g/mol. The molecule has 0 bridgehead atoms. The second kappa shape index (κ2) is 13.6. The van der Waals surface area contributed by atoms with E-state index >= 15 is 0 Å². The van der Waals surface area contributed by atoms with Gasteiger partial charge in [-0.2, -0.15) is 0 Å². The molecule has 1 N–H and O–H groups in total. The summed E-state index contributed by atoms with van der Waals surface area (Å²) in [6.45, 7) is 7.78. The largest absolute Gasteiger partial charge is 0.508 e. The van der Waals surface area contributed by atoms with Gasteiger partial charge in [0.15, 0.2) is 0 Å². The van der Waals surface area contributed by atoms with Gasteiger partial charge in [0.1, 0.15) is 57.0 Å². The SMILES string of the molecule is CC(=O)OC1CCC2C3CCc4cc(O)ccc4C3CCC12C.COc1ccc(-c2c(OC)c3c(OC)c4c(cc3oc2=O)OC(C)(C)C=C4)cc1. The summed E-state index contributed by atoms with van der Waals surface area (Å²) in [5.41, 5.74) is 4.06. The topological polar surface area (TPSA) is 114 Å². The zero-order chi connectivity index (χ0) is 36.9. The zero-order valence-electron chi connectivity index (χ0n) is 31.0. The second-order valence-corrected chi connectivity index (χ2v) is 15.3. The van der Waals surface area contributed by atoms with E-state index in [1.165, 1.54) is 44.4 Å². The van der Waals surface area contributed by atoms with Gasteiger partial charge in [-0.15, -0.1) is 0 Å². The minimum Gasteiger partial charge on any atom is -0.508 e. The highest BCUT2D eigenvalue weighted by Gasteiger charge is 2.56. The van der Waals surface area contributed by atoms with Gasteiger partial charge in [0.25, 0.3) is 0 Å². The van der Waals surface area contributed by atoms with Gasteiger partial charge < -0.3 is 33.2 Å². The summed E-state index contributed by atoms with van der Waals surface area (Å²) >= 11 is 0. The Morgan fingerprint density at radius 3 is 2.35 bits per heavy atom. The van der Waals surface area contributed by atoms with Crippen molar-refractivity contribution < 1.29 is 38.0 Å².